The maximum atomic E-state index is 11.7. The lowest BCUT2D eigenvalue weighted by atomic mass is 10.1. The average Bonchev–Trinajstić information content (AvgIpc) is 2.34. The van der Waals surface area contributed by atoms with E-state index in [0.29, 0.717) is 5.57 Å². The molecule has 136 valence electrons. The fourth-order valence-corrected chi connectivity index (χ4v) is 16.0. The van der Waals surface area contributed by atoms with Crippen molar-refractivity contribution in [3.8, 4) is 0 Å². The topological polar surface area (TPSA) is 55.8 Å². The molecule has 1 unspecified atom stereocenters. The third-order valence-corrected chi connectivity index (χ3v) is 14.4. The van der Waals surface area contributed by atoms with Crippen molar-refractivity contribution in [3.63, 3.8) is 0 Å². The van der Waals surface area contributed by atoms with Crippen LogP contribution in [0.15, 0.2) is 11.6 Å². The molecular weight excluding hydrogens is 340 g/mol. The molecule has 0 aliphatic heterocycles. The number of carbonyl (C=O) groups is 1. The van der Waals surface area contributed by atoms with Crippen molar-refractivity contribution in [2.45, 2.75) is 84.4 Å². The summed E-state index contributed by atoms with van der Waals surface area (Å²) in [6, 6.07) is 0. The number of aliphatic carboxylic acids is 1. The summed E-state index contributed by atoms with van der Waals surface area (Å²) in [5, 5.41) is 9.59. The van der Waals surface area contributed by atoms with Crippen molar-refractivity contribution in [2.75, 3.05) is 0 Å². The normalized spacial score (nSPS) is 15.1. The van der Waals surface area contributed by atoms with E-state index >= 15 is 0 Å². The molecule has 0 saturated heterocycles. The minimum atomic E-state index is -2.22. The van der Waals surface area contributed by atoms with Gasteiger partial charge in [-0.15, -0.1) is 0 Å². The minimum absolute atomic E-state index is 0.0146. The molecule has 0 aliphatic carbocycles. The summed E-state index contributed by atoms with van der Waals surface area (Å²) in [6.45, 7) is 16.8. The van der Waals surface area contributed by atoms with Gasteiger partial charge < -0.3 is 13.3 Å². The van der Waals surface area contributed by atoms with E-state index in [9.17, 15) is 9.90 Å². The molecule has 0 fully saturated rings. The van der Waals surface area contributed by atoms with E-state index in [-0.39, 0.29) is 5.54 Å². The zero-order valence-corrected chi connectivity index (χ0v) is 19.4. The van der Waals surface area contributed by atoms with Gasteiger partial charge in [0.05, 0.1) is 0 Å². The molecule has 7 heteroatoms. The lowest BCUT2D eigenvalue weighted by Crippen LogP contribution is -2.51. The predicted octanol–water partition coefficient (Wildman–Crippen LogP) is 4.89. The van der Waals surface area contributed by atoms with Gasteiger partial charge in [-0.3, -0.25) is 0 Å². The van der Waals surface area contributed by atoms with Crippen LogP contribution in [0.5, 0.6) is 0 Å². The maximum absolute atomic E-state index is 11.7. The minimum Gasteiger partial charge on any atom is -0.478 e. The lowest BCUT2D eigenvalue weighted by Gasteiger charge is -2.39. The Kier molecular flexibility index (Phi) is 9.83. The second kappa shape index (κ2) is 9.93. The van der Waals surface area contributed by atoms with E-state index in [1.165, 1.54) is 0 Å². The second-order valence-electron chi connectivity index (χ2n) is 7.37. The molecule has 0 aromatic heterocycles. The fraction of sp³-hybridized carbons (Fsp3) is 0.812. The largest absolute Gasteiger partial charge is 0.478 e. The van der Waals surface area contributed by atoms with Crippen LogP contribution in [0.1, 0.15) is 39.5 Å². The van der Waals surface area contributed by atoms with Gasteiger partial charge in [0.25, 0.3) is 0 Å². The van der Waals surface area contributed by atoms with E-state index in [0.717, 1.165) is 25.7 Å². The molecule has 0 bridgehead atoms. The van der Waals surface area contributed by atoms with Crippen LogP contribution in [0.25, 0.3) is 0 Å². The lowest BCUT2D eigenvalue weighted by molar-refractivity contribution is -0.132. The molecule has 1 atom stereocenters. The third-order valence-electron chi connectivity index (χ3n) is 3.90. The molecule has 0 aromatic rings. The Balaban J connectivity index is 5.36. The maximum Gasteiger partial charge on any atom is 0.331 e. The zero-order valence-electron chi connectivity index (χ0n) is 16.2. The number of carboxylic acid groups (broad SMARTS) is 1. The molecule has 1 N–H and O–H groups in total. The third kappa shape index (κ3) is 8.44. The number of hydrogen-bond donors (Lipinski definition) is 1. The highest BCUT2D eigenvalue weighted by molar-refractivity contribution is 6.85. The smallest absolute Gasteiger partial charge is 0.331 e. The number of rotatable bonds is 11. The van der Waals surface area contributed by atoms with Crippen LogP contribution in [0.3, 0.4) is 0 Å². The van der Waals surface area contributed by atoms with Crippen molar-refractivity contribution >= 4 is 31.9 Å². The van der Waals surface area contributed by atoms with E-state index in [1.807, 2.05) is 6.92 Å². The van der Waals surface area contributed by atoms with E-state index < -0.39 is 31.9 Å². The average molecular weight is 377 g/mol. The highest BCUT2D eigenvalue weighted by atomic mass is 28.5. The molecule has 23 heavy (non-hydrogen) atoms. The Bertz CT molecular complexity index is 406. The first-order chi connectivity index (χ1) is 10.5. The van der Waals surface area contributed by atoms with Gasteiger partial charge in [0.1, 0.15) is 0 Å². The molecule has 0 radical (unpaired) electrons. The standard InChI is InChI=1S/C16H36O4Si3/c1-9-11-12-13-15(14(10-2)16(17)18)22(5,6)20-23(7,8)19-21(3)4/h10,15,21H,9,11-13H2,1-8H3,(H,17,18). The van der Waals surface area contributed by atoms with Crippen LogP contribution in [0.4, 0.5) is 0 Å². The van der Waals surface area contributed by atoms with Crippen LogP contribution in [-0.4, -0.2) is 37.0 Å². The second-order valence-corrected chi connectivity index (χ2v) is 17.9. The number of hydrogen-bond acceptors (Lipinski definition) is 3. The quantitative estimate of drug-likeness (QED) is 0.317. The van der Waals surface area contributed by atoms with Crippen molar-refractivity contribution < 1.29 is 18.1 Å². The Labute approximate surface area is 146 Å². The van der Waals surface area contributed by atoms with Crippen LogP contribution < -0.4 is 0 Å². The molecule has 0 heterocycles. The van der Waals surface area contributed by atoms with Crippen LogP contribution in [-0.2, 0) is 13.0 Å². The van der Waals surface area contributed by atoms with Gasteiger partial charge in [0, 0.05) is 11.1 Å². The highest BCUT2D eigenvalue weighted by Gasteiger charge is 2.43. The van der Waals surface area contributed by atoms with E-state index in [1.54, 1.807) is 6.08 Å². The van der Waals surface area contributed by atoms with Crippen LogP contribution in [0.2, 0.25) is 44.8 Å². The van der Waals surface area contributed by atoms with E-state index in [4.69, 9.17) is 8.23 Å². The zero-order chi connectivity index (χ0) is 18.3. The van der Waals surface area contributed by atoms with Crippen LogP contribution >= 0.6 is 0 Å². The SMILES string of the molecule is CC=C(C(=O)O)C(CCCCC)[Si](C)(C)O[Si](C)(C)O[SiH](C)C. The van der Waals surface area contributed by atoms with E-state index in [2.05, 4.69) is 46.2 Å². The molecule has 0 aliphatic rings. The Morgan fingerprint density at radius 3 is 2.17 bits per heavy atom. The Morgan fingerprint density at radius 2 is 1.78 bits per heavy atom. The van der Waals surface area contributed by atoms with Gasteiger partial charge in [0.15, 0.2) is 17.4 Å². The molecular formula is C16H36O4Si3. The molecule has 0 amide bonds. The van der Waals surface area contributed by atoms with Gasteiger partial charge in [-0.2, -0.15) is 0 Å². The summed E-state index contributed by atoms with van der Waals surface area (Å²) in [5.74, 6) is -0.809. The monoisotopic (exact) mass is 376 g/mol. The van der Waals surface area contributed by atoms with Crippen molar-refractivity contribution in [1.29, 1.82) is 0 Å². The van der Waals surface area contributed by atoms with Gasteiger partial charge in [-0.1, -0.05) is 32.3 Å². The summed E-state index contributed by atoms with van der Waals surface area (Å²) < 4.78 is 12.7. The summed E-state index contributed by atoms with van der Waals surface area (Å²) in [7, 11) is -5.59. The van der Waals surface area contributed by atoms with Crippen molar-refractivity contribution in [3.05, 3.63) is 11.6 Å². The fourth-order valence-electron chi connectivity index (χ4n) is 3.25. The number of carboxylic acids is 1. The first-order valence-electron chi connectivity index (χ1n) is 8.74. The summed E-state index contributed by atoms with van der Waals surface area (Å²) in [4.78, 5) is 11.7. The van der Waals surface area contributed by atoms with Gasteiger partial charge in [-0.25, -0.2) is 4.79 Å². The first kappa shape index (κ1) is 22.8. The van der Waals surface area contributed by atoms with Gasteiger partial charge >= 0.3 is 14.5 Å². The molecule has 0 spiro atoms. The molecule has 0 aromatic carbocycles. The van der Waals surface area contributed by atoms with Gasteiger partial charge in [-0.05, 0) is 52.6 Å². The predicted molar refractivity (Wildman–Crippen MR) is 105 cm³/mol. The summed E-state index contributed by atoms with van der Waals surface area (Å²) in [5.41, 5.74) is 0.533. The molecule has 4 nitrogen and oxygen atoms in total. The molecule has 0 saturated carbocycles. The van der Waals surface area contributed by atoms with Crippen molar-refractivity contribution in [1.82, 2.24) is 0 Å². The van der Waals surface area contributed by atoms with Gasteiger partial charge in [0.2, 0.25) is 0 Å². The summed E-state index contributed by atoms with van der Waals surface area (Å²) >= 11 is 0. The Hall–Kier alpha value is -0.219. The van der Waals surface area contributed by atoms with Crippen LogP contribution in [0, 0.1) is 0 Å². The van der Waals surface area contributed by atoms with Crippen molar-refractivity contribution in [2.24, 2.45) is 0 Å². The summed E-state index contributed by atoms with van der Waals surface area (Å²) in [6.07, 6.45) is 5.96. The first-order valence-corrected chi connectivity index (χ1v) is 17.3. The number of allylic oxidation sites excluding steroid dienone is 1. The molecule has 0 rings (SSSR count). The number of unbranched alkanes of at least 4 members (excludes halogenated alkanes) is 2. The highest BCUT2D eigenvalue weighted by Crippen LogP contribution is 2.37. The Morgan fingerprint density at radius 1 is 1.22 bits per heavy atom.